The van der Waals surface area contributed by atoms with Crippen LogP contribution in [0.3, 0.4) is 0 Å². The van der Waals surface area contributed by atoms with Crippen LogP contribution in [-0.4, -0.2) is 17.5 Å². The van der Waals surface area contributed by atoms with Gasteiger partial charge in [0.05, 0.1) is 0 Å². The predicted octanol–water partition coefficient (Wildman–Crippen LogP) is 7.30. The molecule has 3 heteroatoms. The SMILES string of the molecule is CC1(C)OC(c2ccccc2)C(CCCCCCCCCCCO)(c2ccccc2)O1. The van der Waals surface area contributed by atoms with Crippen LogP contribution in [0, 0.1) is 0 Å². The highest BCUT2D eigenvalue weighted by molar-refractivity contribution is 5.31. The van der Waals surface area contributed by atoms with Crippen LogP contribution >= 0.6 is 0 Å². The fourth-order valence-corrected chi connectivity index (χ4v) is 4.85. The van der Waals surface area contributed by atoms with Gasteiger partial charge in [-0.05, 0) is 37.8 Å². The first-order valence-electron chi connectivity index (χ1n) is 12.2. The summed E-state index contributed by atoms with van der Waals surface area (Å²) in [6.07, 6.45) is 11.7. The zero-order valence-corrected chi connectivity index (χ0v) is 19.4. The van der Waals surface area contributed by atoms with Gasteiger partial charge in [0.25, 0.3) is 0 Å². The maximum Gasteiger partial charge on any atom is 0.165 e. The summed E-state index contributed by atoms with van der Waals surface area (Å²) >= 11 is 0. The molecule has 2 unspecified atom stereocenters. The molecule has 1 aliphatic heterocycles. The van der Waals surface area contributed by atoms with Gasteiger partial charge in [-0.2, -0.15) is 0 Å². The summed E-state index contributed by atoms with van der Waals surface area (Å²) in [6.45, 7) is 4.39. The number of aliphatic hydroxyl groups excluding tert-OH is 1. The van der Waals surface area contributed by atoms with Crippen molar-refractivity contribution in [2.45, 2.75) is 95.5 Å². The molecule has 31 heavy (non-hydrogen) atoms. The van der Waals surface area contributed by atoms with E-state index in [1.807, 2.05) is 13.8 Å². The molecule has 3 nitrogen and oxygen atoms in total. The Morgan fingerprint density at radius 1 is 0.710 bits per heavy atom. The highest BCUT2D eigenvalue weighted by Crippen LogP contribution is 2.54. The average Bonchev–Trinajstić information content (AvgIpc) is 3.08. The molecule has 0 spiro atoms. The highest BCUT2D eigenvalue weighted by atomic mass is 16.8. The minimum absolute atomic E-state index is 0.113. The molecular formula is C28H40O3. The van der Waals surface area contributed by atoms with Crippen molar-refractivity contribution >= 4 is 0 Å². The molecule has 0 aliphatic carbocycles. The number of unbranched alkanes of at least 4 members (excludes halogenated alkanes) is 8. The monoisotopic (exact) mass is 424 g/mol. The number of benzene rings is 2. The minimum atomic E-state index is -0.620. The third kappa shape index (κ3) is 6.65. The summed E-state index contributed by atoms with van der Waals surface area (Å²) < 4.78 is 13.2. The molecule has 0 aromatic heterocycles. The maximum atomic E-state index is 8.86. The molecule has 1 heterocycles. The van der Waals surface area contributed by atoms with Crippen molar-refractivity contribution in [1.29, 1.82) is 0 Å². The van der Waals surface area contributed by atoms with Crippen molar-refractivity contribution in [2.24, 2.45) is 0 Å². The van der Waals surface area contributed by atoms with Gasteiger partial charge < -0.3 is 14.6 Å². The van der Waals surface area contributed by atoms with Crippen LogP contribution in [0.4, 0.5) is 0 Å². The summed E-state index contributed by atoms with van der Waals surface area (Å²) in [6, 6.07) is 21.2. The Labute approximate surface area is 188 Å². The molecular weight excluding hydrogens is 384 g/mol. The van der Waals surface area contributed by atoms with Gasteiger partial charge in [-0.15, -0.1) is 0 Å². The quantitative estimate of drug-likeness (QED) is 0.343. The summed E-state index contributed by atoms with van der Waals surface area (Å²) in [5.74, 6) is -0.620. The fourth-order valence-electron chi connectivity index (χ4n) is 4.85. The van der Waals surface area contributed by atoms with E-state index in [4.69, 9.17) is 14.6 Å². The van der Waals surface area contributed by atoms with E-state index in [9.17, 15) is 0 Å². The molecule has 2 atom stereocenters. The van der Waals surface area contributed by atoms with Crippen molar-refractivity contribution in [2.75, 3.05) is 6.61 Å². The predicted molar refractivity (Wildman–Crippen MR) is 127 cm³/mol. The lowest BCUT2D eigenvalue weighted by Gasteiger charge is -2.34. The first-order valence-corrected chi connectivity index (χ1v) is 12.2. The van der Waals surface area contributed by atoms with Crippen LogP contribution < -0.4 is 0 Å². The Kier molecular flexibility index (Phi) is 9.13. The van der Waals surface area contributed by atoms with Crippen LogP contribution in [0.2, 0.25) is 0 Å². The van der Waals surface area contributed by atoms with Gasteiger partial charge in [0, 0.05) is 6.61 Å². The van der Waals surface area contributed by atoms with Gasteiger partial charge >= 0.3 is 0 Å². The summed E-state index contributed by atoms with van der Waals surface area (Å²) in [7, 11) is 0. The molecule has 2 aromatic carbocycles. The van der Waals surface area contributed by atoms with Gasteiger partial charge in [-0.1, -0.05) is 112 Å². The van der Waals surface area contributed by atoms with Crippen molar-refractivity contribution in [1.82, 2.24) is 0 Å². The molecule has 1 fully saturated rings. The average molecular weight is 425 g/mol. The standard InChI is InChI=1S/C28H40O3/c1-27(2)30-26(24-18-12-10-13-19-24)28(31-27,25-20-14-11-15-21-25)22-16-8-6-4-3-5-7-9-17-23-29/h10-15,18-21,26,29H,3-9,16-17,22-23H2,1-2H3. The second-order valence-electron chi connectivity index (χ2n) is 9.32. The highest BCUT2D eigenvalue weighted by Gasteiger charge is 2.54. The molecule has 1 aliphatic rings. The Balaban J connectivity index is 1.63. The van der Waals surface area contributed by atoms with Crippen molar-refractivity contribution in [3.8, 4) is 0 Å². The Hall–Kier alpha value is -1.68. The van der Waals surface area contributed by atoms with E-state index in [1.165, 1.54) is 49.7 Å². The molecule has 0 amide bonds. The van der Waals surface area contributed by atoms with Crippen LogP contribution in [0.1, 0.15) is 95.3 Å². The number of ether oxygens (including phenoxy) is 2. The molecule has 3 rings (SSSR count). The summed E-state index contributed by atoms with van der Waals surface area (Å²) in [5, 5.41) is 8.86. The number of aliphatic hydroxyl groups is 1. The summed E-state index contributed by atoms with van der Waals surface area (Å²) in [4.78, 5) is 0. The minimum Gasteiger partial charge on any atom is -0.396 e. The molecule has 1 saturated heterocycles. The lowest BCUT2D eigenvalue weighted by molar-refractivity contribution is -0.167. The van der Waals surface area contributed by atoms with E-state index in [1.54, 1.807) is 0 Å². The van der Waals surface area contributed by atoms with E-state index < -0.39 is 11.4 Å². The largest absolute Gasteiger partial charge is 0.396 e. The first kappa shape index (κ1) is 24.0. The van der Waals surface area contributed by atoms with E-state index >= 15 is 0 Å². The van der Waals surface area contributed by atoms with Crippen LogP contribution in [-0.2, 0) is 15.1 Å². The third-order valence-corrected chi connectivity index (χ3v) is 6.32. The van der Waals surface area contributed by atoms with E-state index in [0.717, 1.165) is 25.7 Å². The van der Waals surface area contributed by atoms with Crippen molar-refractivity contribution in [3.63, 3.8) is 0 Å². The smallest absolute Gasteiger partial charge is 0.165 e. The molecule has 0 bridgehead atoms. The first-order chi connectivity index (χ1) is 15.1. The third-order valence-electron chi connectivity index (χ3n) is 6.32. The Morgan fingerprint density at radius 3 is 1.81 bits per heavy atom. The molecule has 0 radical (unpaired) electrons. The molecule has 0 saturated carbocycles. The Bertz CT molecular complexity index is 743. The van der Waals surface area contributed by atoms with E-state index in [-0.39, 0.29) is 6.10 Å². The second kappa shape index (κ2) is 11.8. The fraction of sp³-hybridized carbons (Fsp3) is 0.571. The lowest BCUT2D eigenvalue weighted by atomic mass is 9.80. The van der Waals surface area contributed by atoms with E-state index in [0.29, 0.717) is 6.61 Å². The maximum absolute atomic E-state index is 8.86. The van der Waals surface area contributed by atoms with Crippen LogP contribution in [0.15, 0.2) is 60.7 Å². The number of hydrogen-bond acceptors (Lipinski definition) is 3. The van der Waals surface area contributed by atoms with Gasteiger partial charge in [0.1, 0.15) is 11.7 Å². The molecule has 1 N–H and O–H groups in total. The normalized spacial score (nSPS) is 22.6. The molecule has 170 valence electrons. The summed E-state index contributed by atoms with van der Waals surface area (Å²) in [5.41, 5.74) is 1.93. The van der Waals surface area contributed by atoms with Crippen molar-refractivity contribution < 1.29 is 14.6 Å². The van der Waals surface area contributed by atoms with Gasteiger partial charge in [-0.3, -0.25) is 0 Å². The zero-order chi connectivity index (χ0) is 22.0. The van der Waals surface area contributed by atoms with Gasteiger partial charge in [0.15, 0.2) is 5.79 Å². The van der Waals surface area contributed by atoms with Gasteiger partial charge in [0.2, 0.25) is 0 Å². The van der Waals surface area contributed by atoms with Crippen LogP contribution in [0.25, 0.3) is 0 Å². The number of rotatable bonds is 13. The van der Waals surface area contributed by atoms with Crippen molar-refractivity contribution in [3.05, 3.63) is 71.8 Å². The molecule has 2 aromatic rings. The van der Waals surface area contributed by atoms with E-state index in [2.05, 4.69) is 60.7 Å². The Morgan fingerprint density at radius 2 is 1.23 bits per heavy atom. The topological polar surface area (TPSA) is 38.7 Å². The lowest BCUT2D eigenvalue weighted by Crippen LogP contribution is -2.33. The number of hydrogen-bond donors (Lipinski definition) is 1. The van der Waals surface area contributed by atoms with Crippen LogP contribution in [0.5, 0.6) is 0 Å². The second-order valence-corrected chi connectivity index (χ2v) is 9.32. The van der Waals surface area contributed by atoms with Gasteiger partial charge in [-0.25, -0.2) is 0 Å². The zero-order valence-electron chi connectivity index (χ0n) is 19.4.